The molecular formula is C14H10BrCl2F. The molecule has 0 heterocycles. The van der Waals surface area contributed by atoms with Crippen molar-refractivity contribution in [3.8, 4) is 11.1 Å². The standard InChI is InChI=1S/C14H10BrCl2F/c1-8(15)14-12(16)6-10(7-13(14)17)9-2-4-11(18)5-3-9/h2-8H,1H3. The summed E-state index contributed by atoms with van der Waals surface area (Å²) in [5.41, 5.74) is 2.63. The SMILES string of the molecule is CC(Br)c1c(Cl)cc(-c2ccc(F)cc2)cc1Cl. The lowest BCUT2D eigenvalue weighted by Gasteiger charge is -2.12. The Hall–Kier alpha value is -0.570. The van der Waals surface area contributed by atoms with Crippen LogP contribution in [0.4, 0.5) is 4.39 Å². The molecule has 1 atom stereocenters. The van der Waals surface area contributed by atoms with E-state index in [-0.39, 0.29) is 10.6 Å². The Morgan fingerprint density at radius 2 is 1.50 bits per heavy atom. The number of halogens is 4. The highest BCUT2D eigenvalue weighted by Gasteiger charge is 2.13. The molecule has 0 saturated carbocycles. The molecule has 2 aromatic carbocycles. The van der Waals surface area contributed by atoms with E-state index in [4.69, 9.17) is 23.2 Å². The van der Waals surface area contributed by atoms with E-state index in [1.54, 1.807) is 12.1 Å². The van der Waals surface area contributed by atoms with Crippen LogP contribution in [0, 0.1) is 5.82 Å². The van der Waals surface area contributed by atoms with Crippen molar-refractivity contribution in [3.63, 3.8) is 0 Å². The average molecular weight is 348 g/mol. The van der Waals surface area contributed by atoms with Gasteiger partial charge in [0.15, 0.2) is 0 Å². The third-order valence-electron chi connectivity index (χ3n) is 2.65. The summed E-state index contributed by atoms with van der Waals surface area (Å²) in [5.74, 6) is -0.262. The zero-order valence-corrected chi connectivity index (χ0v) is 12.7. The normalized spacial score (nSPS) is 12.5. The third-order valence-corrected chi connectivity index (χ3v) is 3.74. The maximum atomic E-state index is 12.9. The van der Waals surface area contributed by atoms with E-state index in [1.807, 2.05) is 19.1 Å². The van der Waals surface area contributed by atoms with Gasteiger partial charge in [0.05, 0.1) is 0 Å². The van der Waals surface area contributed by atoms with Crippen LogP contribution in [-0.2, 0) is 0 Å². The van der Waals surface area contributed by atoms with E-state index < -0.39 is 0 Å². The summed E-state index contributed by atoms with van der Waals surface area (Å²) >= 11 is 15.9. The fourth-order valence-corrected chi connectivity index (χ4v) is 3.34. The minimum absolute atomic E-state index is 0.0831. The van der Waals surface area contributed by atoms with Gasteiger partial charge in [0.25, 0.3) is 0 Å². The molecule has 1 unspecified atom stereocenters. The van der Waals surface area contributed by atoms with Crippen LogP contribution >= 0.6 is 39.1 Å². The maximum absolute atomic E-state index is 12.9. The number of hydrogen-bond acceptors (Lipinski definition) is 0. The first-order chi connectivity index (χ1) is 8.49. The molecule has 0 saturated heterocycles. The predicted molar refractivity (Wildman–Crippen MR) is 79.2 cm³/mol. The molecule has 0 aliphatic carbocycles. The summed E-state index contributed by atoms with van der Waals surface area (Å²) in [6, 6.07) is 9.92. The van der Waals surface area contributed by atoms with Gasteiger partial charge in [-0.1, -0.05) is 51.3 Å². The molecule has 0 spiro atoms. The molecule has 0 aromatic heterocycles. The van der Waals surface area contributed by atoms with Crippen molar-refractivity contribution >= 4 is 39.1 Å². The molecule has 2 rings (SSSR count). The third kappa shape index (κ3) is 2.87. The molecular weight excluding hydrogens is 338 g/mol. The average Bonchev–Trinajstić information content (AvgIpc) is 2.28. The van der Waals surface area contributed by atoms with Crippen LogP contribution in [-0.4, -0.2) is 0 Å². The maximum Gasteiger partial charge on any atom is 0.123 e. The Morgan fingerprint density at radius 3 is 1.94 bits per heavy atom. The largest absolute Gasteiger partial charge is 0.207 e. The second-order valence-electron chi connectivity index (χ2n) is 3.98. The summed E-state index contributed by atoms with van der Waals surface area (Å²) in [6.07, 6.45) is 0. The lowest BCUT2D eigenvalue weighted by atomic mass is 10.0. The van der Waals surface area contributed by atoms with E-state index >= 15 is 0 Å². The molecule has 18 heavy (non-hydrogen) atoms. The van der Waals surface area contributed by atoms with Gasteiger partial charge in [-0.25, -0.2) is 4.39 Å². The Bertz CT molecular complexity index is 542. The Morgan fingerprint density at radius 1 is 1.00 bits per heavy atom. The van der Waals surface area contributed by atoms with Gasteiger partial charge in [-0.3, -0.25) is 0 Å². The molecule has 0 nitrogen and oxygen atoms in total. The molecule has 0 aliphatic heterocycles. The van der Waals surface area contributed by atoms with Gasteiger partial charge in [-0.05, 0) is 42.3 Å². The van der Waals surface area contributed by atoms with Crippen LogP contribution in [0.1, 0.15) is 17.3 Å². The second kappa shape index (κ2) is 5.60. The quantitative estimate of drug-likeness (QED) is 0.563. The molecule has 0 aliphatic rings. The number of alkyl halides is 1. The van der Waals surface area contributed by atoms with Gasteiger partial charge in [0, 0.05) is 20.4 Å². The van der Waals surface area contributed by atoms with Gasteiger partial charge >= 0.3 is 0 Å². The van der Waals surface area contributed by atoms with Gasteiger partial charge < -0.3 is 0 Å². The molecule has 0 amide bonds. The molecule has 0 bridgehead atoms. The summed E-state index contributed by atoms with van der Waals surface area (Å²) in [5, 5.41) is 1.21. The highest BCUT2D eigenvalue weighted by Crippen LogP contribution is 2.38. The zero-order chi connectivity index (χ0) is 13.3. The van der Waals surface area contributed by atoms with Gasteiger partial charge in [-0.15, -0.1) is 0 Å². The topological polar surface area (TPSA) is 0 Å². The predicted octanol–water partition coefficient (Wildman–Crippen LogP) is 6.26. The molecule has 2 aromatic rings. The minimum Gasteiger partial charge on any atom is -0.207 e. The smallest absolute Gasteiger partial charge is 0.123 e. The molecule has 0 radical (unpaired) electrons. The van der Waals surface area contributed by atoms with Crippen molar-refractivity contribution in [1.82, 2.24) is 0 Å². The summed E-state index contributed by atoms with van der Waals surface area (Å²) in [7, 11) is 0. The Labute approximate surface area is 124 Å². The van der Waals surface area contributed by atoms with Crippen LogP contribution in [0.3, 0.4) is 0 Å². The fraction of sp³-hybridized carbons (Fsp3) is 0.143. The fourth-order valence-electron chi connectivity index (χ4n) is 1.77. The van der Waals surface area contributed by atoms with E-state index in [1.165, 1.54) is 12.1 Å². The van der Waals surface area contributed by atoms with Crippen molar-refractivity contribution in [1.29, 1.82) is 0 Å². The first-order valence-corrected chi connectivity index (χ1v) is 7.05. The van der Waals surface area contributed by atoms with E-state index in [2.05, 4.69) is 15.9 Å². The monoisotopic (exact) mass is 346 g/mol. The summed E-state index contributed by atoms with van der Waals surface area (Å²) in [6.45, 7) is 1.96. The van der Waals surface area contributed by atoms with Crippen molar-refractivity contribution < 1.29 is 4.39 Å². The summed E-state index contributed by atoms with van der Waals surface area (Å²) in [4.78, 5) is 0.0831. The van der Waals surface area contributed by atoms with Crippen LogP contribution in [0.25, 0.3) is 11.1 Å². The van der Waals surface area contributed by atoms with E-state index in [0.29, 0.717) is 10.0 Å². The van der Waals surface area contributed by atoms with Gasteiger partial charge in [0.1, 0.15) is 5.82 Å². The highest BCUT2D eigenvalue weighted by atomic mass is 79.9. The lowest BCUT2D eigenvalue weighted by molar-refractivity contribution is 0.628. The van der Waals surface area contributed by atoms with E-state index in [9.17, 15) is 4.39 Å². The van der Waals surface area contributed by atoms with Crippen LogP contribution in [0.2, 0.25) is 10.0 Å². The minimum atomic E-state index is -0.262. The number of hydrogen-bond donors (Lipinski definition) is 0. The van der Waals surface area contributed by atoms with Crippen LogP contribution in [0.5, 0.6) is 0 Å². The lowest BCUT2D eigenvalue weighted by Crippen LogP contribution is -1.89. The van der Waals surface area contributed by atoms with Crippen LogP contribution < -0.4 is 0 Å². The number of rotatable bonds is 2. The van der Waals surface area contributed by atoms with Crippen LogP contribution in [0.15, 0.2) is 36.4 Å². The Kier molecular flexibility index (Phi) is 4.31. The first-order valence-electron chi connectivity index (χ1n) is 5.38. The zero-order valence-electron chi connectivity index (χ0n) is 9.55. The number of benzene rings is 2. The second-order valence-corrected chi connectivity index (χ2v) is 6.16. The summed E-state index contributed by atoms with van der Waals surface area (Å²) < 4.78 is 12.9. The van der Waals surface area contributed by atoms with Crippen molar-refractivity contribution in [2.45, 2.75) is 11.8 Å². The van der Waals surface area contributed by atoms with E-state index in [0.717, 1.165) is 16.7 Å². The molecule has 4 heteroatoms. The molecule has 0 N–H and O–H groups in total. The van der Waals surface area contributed by atoms with Crippen molar-refractivity contribution in [2.24, 2.45) is 0 Å². The highest BCUT2D eigenvalue weighted by molar-refractivity contribution is 9.09. The van der Waals surface area contributed by atoms with Crippen molar-refractivity contribution in [2.75, 3.05) is 0 Å². The van der Waals surface area contributed by atoms with Gasteiger partial charge in [-0.2, -0.15) is 0 Å². The Balaban J connectivity index is 2.51. The van der Waals surface area contributed by atoms with Gasteiger partial charge in [0.2, 0.25) is 0 Å². The first kappa shape index (κ1) is 13.9. The molecule has 0 fully saturated rings. The van der Waals surface area contributed by atoms with Crippen molar-refractivity contribution in [3.05, 3.63) is 57.8 Å². The molecule has 94 valence electrons.